The summed E-state index contributed by atoms with van der Waals surface area (Å²) < 4.78 is 5.70. The Kier molecular flexibility index (Phi) is 6.04. The highest BCUT2D eigenvalue weighted by Gasteiger charge is 2.03. The first-order chi connectivity index (χ1) is 7.81. The summed E-state index contributed by atoms with van der Waals surface area (Å²) in [6.45, 7) is 7.53. The topological polar surface area (TPSA) is 25.2 Å². The minimum atomic E-state index is 0.786. The van der Waals surface area contributed by atoms with Gasteiger partial charge in [0.25, 0.3) is 0 Å². The largest absolute Gasteiger partial charge is 0.460 e. The number of furan rings is 1. The van der Waals surface area contributed by atoms with Crippen molar-refractivity contribution >= 4 is 17.3 Å². The lowest BCUT2D eigenvalue weighted by atomic mass is 10.2. The number of nitrogens with one attached hydrogen (secondary N) is 1. The van der Waals surface area contributed by atoms with E-state index in [1.165, 1.54) is 0 Å². The van der Waals surface area contributed by atoms with Crippen molar-refractivity contribution in [2.75, 3.05) is 18.6 Å². The highest BCUT2D eigenvalue weighted by Crippen LogP contribution is 2.18. The molecule has 0 amide bonds. The number of allylic oxidation sites excluding steroid dienone is 3. The maximum absolute atomic E-state index is 5.70. The summed E-state index contributed by atoms with van der Waals surface area (Å²) in [4.78, 5) is 0. The van der Waals surface area contributed by atoms with Crippen LogP contribution < -0.4 is 5.32 Å². The van der Waals surface area contributed by atoms with E-state index in [4.69, 9.17) is 4.42 Å². The standard InChI is InChI=1S/C13H19NOS/c1-4-11(5-2)13-7-6-12(15-13)10-14-8-9-16-3/h4-7,14H,1,8-10H2,2-3H3/b11-5+. The van der Waals surface area contributed by atoms with E-state index in [0.717, 1.165) is 35.9 Å². The molecule has 0 fully saturated rings. The number of hydrogen-bond donors (Lipinski definition) is 1. The number of hydrogen-bond acceptors (Lipinski definition) is 3. The van der Waals surface area contributed by atoms with E-state index in [1.807, 2.05) is 43.0 Å². The molecule has 0 aliphatic carbocycles. The van der Waals surface area contributed by atoms with Gasteiger partial charge < -0.3 is 9.73 Å². The number of thioether (sulfide) groups is 1. The second-order valence-corrected chi connectivity index (χ2v) is 4.37. The van der Waals surface area contributed by atoms with E-state index in [-0.39, 0.29) is 0 Å². The third-order valence-electron chi connectivity index (χ3n) is 2.26. The first kappa shape index (κ1) is 13.1. The lowest BCUT2D eigenvalue weighted by molar-refractivity contribution is 0.479. The average Bonchev–Trinajstić information content (AvgIpc) is 2.75. The summed E-state index contributed by atoms with van der Waals surface area (Å²) in [7, 11) is 0. The van der Waals surface area contributed by atoms with Gasteiger partial charge in [-0.3, -0.25) is 0 Å². The zero-order chi connectivity index (χ0) is 11.8. The van der Waals surface area contributed by atoms with Crippen molar-refractivity contribution in [2.45, 2.75) is 13.5 Å². The molecule has 16 heavy (non-hydrogen) atoms. The van der Waals surface area contributed by atoms with Crippen molar-refractivity contribution in [2.24, 2.45) is 0 Å². The summed E-state index contributed by atoms with van der Waals surface area (Å²) >= 11 is 1.84. The molecule has 0 aromatic carbocycles. The van der Waals surface area contributed by atoms with Crippen molar-refractivity contribution < 1.29 is 4.42 Å². The molecule has 0 unspecified atom stereocenters. The summed E-state index contributed by atoms with van der Waals surface area (Å²) in [5.41, 5.74) is 1.04. The second-order valence-electron chi connectivity index (χ2n) is 3.38. The Labute approximate surface area is 102 Å². The highest BCUT2D eigenvalue weighted by atomic mass is 32.2. The molecule has 0 spiro atoms. The quantitative estimate of drug-likeness (QED) is 0.582. The fourth-order valence-electron chi connectivity index (χ4n) is 1.37. The fourth-order valence-corrected chi connectivity index (χ4v) is 1.72. The summed E-state index contributed by atoms with van der Waals surface area (Å²) in [6.07, 6.45) is 5.91. The maximum atomic E-state index is 5.70. The minimum absolute atomic E-state index is 0.786. The van der Waals surface area contributed by atoms with E-state index in [2.05, 4.69) is 18.2 Å². The monoisotopic (exact) mass is 237 g/mol. The molecule has 0 saturated carbocycles. The molecule has 0 saturated heterocycles. The van der Waals surface area contributed by atoms with Crippen LogP contribution in [0.4, 0.5) is 0 Å². The molecule has 1 aromatic heterocycles. The molecule has 0 atom stereocenters. The van der Waals surface area contributed by atoms with Crippen LogP contribution in [0.2, 0.25) is 0 Å². The summed E-state index contributed by atoms with van der Waals surface area (Å²) in [5, 5.41) is 3.33. The molecular formula is C13H19NOS. The highest BCUT2D eigenvalue weighted by molar-refractivity contribution is 7.98. The van der Waals surface area contributed by atoms with E-state index in [9.17, 15) is 0 Å². The molecule has 3 heteroatoms. The molecule has 2 nitrogen and oxygen atoms in total. The lowest BCUT2D eigenvalue weighted by Crippen LogP contribution is -2.15. The Morgan fingerprint density at radius 3 is 3.00 bits per heavy atom. The van der Waals surface area contributed by atoms with Gasteiger partial charge in [-0.05, 0) is 25.3 Å². The smallest absolute Gasteiger partial charge is 0.133 e. The molecular weight excluding hydrogens is 218 g/mol. The van der Waals surface area contributed by atoms with Crippen LogP contribution in [0.5, 0.6) is 0 Å². The summed E-state index contributed by atoms with van der Waals surface area (Å²) in [6, 6.07) is 4.00. The van der Waals surface area contributed by atoms with Gasteiger partial charge in [0.1, 0.15) is 11.5 Å². The van der Waals surface area contributed by atoms with Gasteiger partial charge in [-0.1, -0.05) is 18.7 Å². The van der Waals surface area contributed by atoms with Gasteiger partial charge in [0.2, 0.25) is 0 Å². The van der Waals surface area contributed by atoms with Crippen LogP contribution in [0.1, 0.15) is 18.4 Å². The van der Waals surface area contributed by atoms with Crippen molar-refractivity contribution in [3.63, 3.8) is 0 Å². The Balaban J connectivity index is 2.48. The molecule has 0 bridgehead atoms. The molecule has 1 heterocycles. The van der Waals surface area contributed by atoms with Crippen LogP contribution in [0, 0.1) is 0 Å². The third kappa shape index (κ3) is 3.91. The predicted molar refractivity (Wildman–Crippen MR) is 72.6 cm³/mol. The van der Waals surface area contributed by atoms with Crippen LogP contribution in [0.25, 0.3) is 5.57 Å². The lowest BCUT2D eigenvalue weighted by Gasteiger charge is -2.00. The van der Waals surface area contributed by atoms with Crippen molar-refractivity contribution in [3.8, 4) is 0 Å². The van der Waals surface area contributed by atoms with Crippen LogP contribution in [0.15, 0.2) is 35.3 Å². The SMILES string of the molecule is C=C/C(=C\C)c1ccc(CNCCSC)o1. The zero-order valence-electron chi connectivity index (χ0n) is 9.95. The van der Waals surface area contributed by atoms with Gasteiger partial charge in [-0.25, -0.2) is 0 Å². The Morgan fingerprint density at radius 2 is 2.38 bits per heavy atom. The fraction of sp³-hybridized carbons (Fsp3) is 0.385. The number of rotatable bonds is 7. The van der Waals surface area contributed by atoms with Crippen molar-refractivity contribution in [1.29, 1.82) is 0 Å². The van der Waals surface area contributed by atoms with Gasteiger partial charge in [-0.15, -0.1) is 0 Å². The molecule has 1 rings (SSSR count). The average molecular weight is 237 g/mol. The second kappa shape index (κ2) is 7.36. The molecule has 88 valence electrons. The molecule has 1 aromatic rings. The van der Waals surface area contributed by atoms with Gasteiger partial charge in [0.05, 0.1) is 6.54 Å². The van der Waals surface area contributed by atoms with Crippen LogP contribution in [-0.4, -0.2) is 18.6 Å². The Bertz CT molecular complexity index is 355. The molecule has 0 aliphatic heterocycles. The molecule has 1 N–H and O–H groups in total. The van der Waals surface area contributed by atoms with Gasteiger partial charge in [0, 0.05) is 17.9 Å². The van der Waals surface area contributed by atoms with Crippen molar-refractivity contribution in [3.05, 3.63) is 42.4 Å². The zero-order valence-corrected chi connectivity index (χ0v) is 10.8. The van der Waals surface area contributed by atoms with Crippen LogP contribution in [0.3, 0.4) is 0 Å². The maximum Gasteiger partial charge on any atom is 0.133 e. The normalized spacial score (nSPS) is 11.8. The van der Waals surface area contributed by atoms with E-state index in [1.54, 1.807) is 0 Å². The third-order valence-corrected chi connectivity index (χ3v) is 2.87. The first-order valence-electron chi connectivity index (χ1n) is 5.39. The van der Waals surface area contributed by atoms with Gasteiger partial charge in [-0.2, -0.15) is 11.8 Å². The minimum Gasteiger partial charge on any atom is -0.460 e. The van der Waals surface area contributed by atoms with Crippen LogP contribution >= 0.6 is 11.8 Å². The Morgan fingerprint density at radius 1 is 1.56 bits per heavy atom. The van der Waals surface area contributed by atoms with Crippen LogP contribution in [-0.2, 0) is 6.54 Å². The molecule has 0 radical (unpaired) electrons. The predicted octanol–water partition coefficient (Wildman–Crippen LogP) is 3.32. The molecule has 0 aliphatic rings. The van der Waals surface area contributed by atoms with E-state index >= 15 is 0 Å². The van der Waals surface area contributed by atoms with E-state index < -0.39 is 0 Å². The van der Waals surface area contributed by atoms with Gasteiger partial charge >= 0.3 is 0 Å². The van der Waals surface area contributed by atoms with Crippen molar-refractivity contribution in [1.82, 2.24) is 5.32 Å². The van der Waals surface area contributed by atoms with E-state index in [0.29, 0.717) is 0 Å². The first-order valence-corrected chi connectivity index (χ1v) is 6.78. The summed E-state index contributed by atoms with van der Waals surface area (Å²) in [5.74, 6) is 2.98. The Hall–Kier alpha value is -0.930. The van der Waals surface area contributed by atoms with Gasteiger partial charge in [0.15, 0.2) is 0 Å².